The maximum absolute atomic E-state index is 12.8. The number of amides is 1. The third-order valence-corrected chi connectivity index (χ3v) is 4.15. The third-order valence-electron chi connectivity index (χ3n) is 4.15. The van der Waals surface area contributed by atoms with E-state index in [0.717, 1.165) is 31.5 Å². The van der Waals surface area contributed by atoms with Crippen molar-refractivity contribution in [2.75, 3.05) is 16.8 Å². The van der Waals surface area contributed by atoms with Crippen LogP contribution in [-0.2, 0) is 6.42 Å². The Morgan fingerprint density at radius 2 is 2.09 bits per heavy atom. The normalized spacial score (nSPS) is 16.3. The number of aromatic nitrogens is 2. The third kappa shape index (κ3) is 3.18. The molecule has 1 atom stereocenters. The highest BCUT2D eigenvalue weighted by atomic mass is 16.2. The number of para-hydroxylation sites is 1. The molecule has 0 saturated heterocycles. The number of benzene rings is 1. The summed E-state index contributed by atoms with van der Waals surface area (Å²) in [6, 6.07) is 11.7. The Morgan fingerprint density at radius 1 is 1.26 bits per heavy atom. The molecule has 1 aromatic carbocycles. The lowest BCUT2D eigenvalue weighted by atomic mass is 10.1. The number of rotatable bonds is 5. The molecule has 2 aromatic rings. The van der Waals surface area contributed by atoms with Gasteiger partial charge in [0.05, 0.1) is 0 Å². The first-order valence-electron chi connectivity index (χ1n) is 8.19. The van der Waals surface area contributed by atoms with Crippen LogP contribution in [0.3, 0.4) is 0 Å². The molecular weight excluding hydrogens is 288 g/mol. The van der Waals surface area contributed by atoms with Crippen molar-refractivity contribution in [2.24, 2.45) is 0 Å². The average molecular weight is 310 g/mol. The monoisotopic (exact) mass is 310 g/mol. The molecule has 0 radical (unpaired) electrons. The summed E-state index contributed by atoms with van der Waals surface area (Å²) in [5.41, 5.74) is 2.57. The average Bonchev–Trinajstić information content (AvgIpc) is 2.91. The molecule has 1 aliphatic heterocycles. The smallest absolute Gasteiger partial charge is 0.279 e. The van der Waals surface area contributed by atoms with Gasteiger partial charge in [-0.25, -0.2) is 0 Å². The Morgan fingerprint density at radius 3 is 2.83 bits per heavy atom. The van der Waals surface area contributed by atoms with Gasteiger partial charge in [0.1, 0.15) is 5.82 Å². The van der Waals surface area contributed by atoms with E-state index in [-0.39, 0.29) is 11.9 Å². The maximum Gasteiger partial charge on any atom is 0.279 e. The second-order valence-corrected chi connectivity index (χ2v) is 5.94. The summed E-state index contributed by atoms with van der Waals surface area (Å²) in [4.78, 5) is 14.6. The second-order valence-electron chi connectivity index (χ2n) is 5.94. The van der Waals surface area contributed by atoms with Gasteiger partial charge in [0.15, 0.2) is 5.69 Å². The van der Waals surface area contributed by atoms with Crippen LogP contribution in [0.5, 0.6) is 0 Å². The summed E-state index contributed by atoms with van der Waals surface area (Å²) >= 11 is 0. The first kappa shape index (κ1) is 15.5. The molecule has 5 heteroatoms. The molecule has 0 bridgehead atoms. The highest BCUT2D eigenvalue weighted by molar-refractivity contribution is 6.06. The minimum absolute atomic E-state index is 0.0879. The highest BCUT2D eigenvalue weighted by Crippen LogP contribution is 2.32. The Bertz CT molecular complexity index is 684. The van der Waals surface area contributed by atoms with Crippen LogP contribution in [-0.4, -0.2) is 28.7 Å². The van der Waals surface area contributed by atoms with Crippen molar-refractivity contribution in [1.29, 1.82) is 0 Å². The standard InChI is InChI=1S/C18H22N4O/c1-3-4-11-19-17-10-9-15(20-21-17)18(23)22-13(2)12-14-7-5-6-8-16(14)22/h5-10,13H,3-4,11-12H2,1-2H3,(H,19,21). The molecule has 0 aliphatic carbocycles. The van der Waals surface area contributed by atoms with E-state index in [1.54, 1.807) is 6.07 Å². The lowest BCUT2D eigenvalue weighted by Crippen LogP contribution is -2.36. The summed E-state index contributed by atoms with van der Waals surface area (Å²) in [6.45, 7) is 5.07. The van der Waals surface area contributed by atoms with Gasteiger partial charge in [-0.15, -0.1) is 10.2 Å². The molecule has 120 valence electrons. The van der Waals surface area contributed by atoms with Crippen LogP contribution in [0.4, 0.5) is 11.5 Å². The first-order valence-corrected chi connectivity index (χ1v) is 8.19. The maximum atomic E-state index is 12.8. The molecule has 1 unspecified atom stereocenters. The summed E-state index contributed by atoms with van der Waals surface area (Å²) in [7, 11) is 0. The number of fused-ring (bicyclic) bond motifs is 1. The molecule has 2 heterocycles. The number of anilines is 2. The molecule has 23 heavy (non-hydrogen) atoms. The molecule has 1 N–H and O–H groups in total. The van der Waals surface area contributed by atoms with Crippen LogP contribution in [0.2, 0.25) is 0 Å². The number of hydrogen-bond acceptors (Lipinski definition) is 4. The van der Waals surface area contributed by atoms with Gasteiger partial charge in [-0.1, -0.05) is 31.5 Å². The lowest BCUT2D eigenvalue weighted by molar-refractivity contribution is 0.0975. The molecule has 1 aliphatic rings. The number of hydrogen-bond donors (Lipinski definition) is 1. The van der Waals surface area contributed by atoms with E-state index in [0.29, 0.717) is 11.5 Å². The van der Waals surface area contributed by atoms with E-state index in [2.05, 4.69) is 35.4 Å². The van der Waals surface area contributed by atoms with E-state index < -0.39 is 0 Å². The van der Waals surface area contributed by atoms with Gasteiger partial charge in [0, 0.05) is 18.3 Å². The molecular formula is C18H22N4O. The van der Waals surface area contributed by atoms with Crippen molar-refractivity contribution in [2.45, 2.75) is 39.2 Å². The number of nitrogens with zero attached hydrogens (tertiary/aromatic N) is 3. The molecule has 5 nitrogen and oxygen atoms in total. The summed E-state index contributed by atoms with van der Waals surface area (Å²) in [5.74, 6) is 0.625. The van der Waals surface area contributed by atoms with Crippen LogP contribution >= 0.6 is 0 Å². The highest BCUT2D eigenvalue weighted by Gasteiger charge is 2.31. The van der Waals surface area contributed by atoms with Crippen LogP contribution in [0, 0.1) is 0 Å². The van der Waals surface area contributed by atoms with Crippen molar-refractivity contribution >= 4 is 17.4 Å². The fourth-order valence-electron chi connectivity index (χ4n) is 2.93. The van der Waals surface area contributed by atoms with Gasteiger partial charge >= 0.3 is 0 Å². The van der Waals surface area contributed by atoms with E-state index in [1.165, 1.54) is 5.56 Å². The Hall–Kier alpha value is -2.43. The molecule has 0 spiro atoms. The van der Waals surface area contributed by atoms with Crippen molar-refractivity contribution in [3.05, 3.63) is 47.7 Å². The van der Waals surface area contributed by atoms with Crippen LogP contribution < -0.4 is 10.2 Å². The Labute approximate surface area is 136 Å². The zero-order valence-electron chi connectivity index (χ0n) is 13.6. The fraction of sp³-hybridized carbons (Fsp3) is 0.389. The minimum atomic E-state index is -0.0879. The topological polar surface area (TPSA) is 58.1 Å². The number of carbonyl (C=O) groups is 1. The number of unbranched alkanes of at least 4 members (excludes halogenated alkanes) is 1. The Balaban J connectivity index is 1.76. The van der Waals surface area contributed by atoms with Crippen molar-refractivity contribution in [3.8, 4) is 0 Å². The van der Waals surface area contributed by atoms with Crippen molar-refractivity contribution in [3.63, 3.8) is 0 Å². The SMILES string of the molecule is CCCCNc1ccc(C(=O)N2c3ccccc3CC2C)nn1. The van der Waals surface area contributed by atoms with Crippen molar-refractivity contribution in [1.82, 2.24) is 10.2 Å². The zero-order chi connectivity index (χ0) is 16.2. The fourth-order valence-corrected chi connectivity index (χ4v) is 2.93. The minimum Gasteiger partial charge on any atom is -0.369 e. The van der Waals surface area contributed by atoms with Gasteiger partial charge < -0.3 is 10.2 Å². The molecule has 3 rings (SSSR count). The number of carbonyl (C=O) groups excluding carboxylic acids is 1. The molecule has 1 amide bonds. The van der Waals surface area contributed by atoms with Crippen LogP contribution in [0.1, 0.15) is 42.7 Å². The van der Waals surface area contributed by atoms with Gasteiger partial charge in [-0.05, 0) is 43.5 Å². The predicted octanol–water partition coefficient (Wildman–Crippen LogP) is 3.28. The summed E-state index contributed by atoms with van der Waals surface area (Å²) in [5, 5.41) is 11.4. The number of nitrogens with one attached hydrogen (secondary N) is 1. The Kier molecular flexibility index (Phi) is 4.55. The summed E-state index contributed by atoms with van der Waals surface area (Å²) < 4.78 is 0. The predicted molar refractivity (Wildman–Crippen MR) is 91.8 cm³/mol. The van der Waals surface area contributed by atoms with E-state index in [9.17, 15) is 4.79 Å². The van der Waals surface area contributed by atoms with Crippen LogP contribution in [0.25, 0.3) is 0 Å². The zero-order valence-corrected chi connectivity index (χ0v) is 13.6. The van der Waals surface area contributed by atoms with E-state index >= 15 is 0 Å². The quantitative estimate of drug-likeness (QED) is 0.861. The summed E-state index contributed by atoms with van der Waals surface area (Å²) in [6.07, 6.45) is 3.10. The molecule has 0 fully saturated rings. The molecule has 1 aromatic heterocycles. The van der Waals surface area contributed by atoms with E-state index in [4.69, 9.17) is 0 Å². The second kappa shape index (κ2) is 6.77. The largest absolute Gasteiger partial charge is 0.369 e. The van der Waals surface area contributed by atoms with Crippen LogP contribution in [0.15, 0.2) is 36.4 Å². The first-order chi connectivity index (χ1) is 11.2. The van der Waals surface area contributed by atoms with Gasteiger partial charge in [-0.3, -0.25) is 4.79 Å². The van der Waals surface area contributed by atoms with Gasteiger partial charge in [-0.2, -0.15) is 0 Å². The molecule has 0 saturated carbocycles. The lowest BCUT2D eigenvalue weighted by Gasteiger charge is -2.22. The van der Waals surface area contributed by atoms with E-state index in [1.807, 2.05) is 29.2 Å². The van der Waals surface area contributed by atoms with Crippen molar-refractivity contribution < 1.29 is 4.79 Å². The van der Waals surface area contributed by atoms with Gasteiger partial charge in [0.25, 0.3) is 5.91 Å². The van der Waals surface area contributed by atoms with Gasteiger partial charge in [0.2, 0.25) is 0 Å².